The summed E-state index contributed by atoms with van der Waals surface area (Å²) in [6.07, 6.45) is 4.08. The molecule has 0 amide bonds. The number of benzene rings is 2. The number of methoxy groups -OCH3 is 1. The van der Waals surface area contributed by atoms with Crippen LogP contribution in [0.3, 0.4) is 0 Å². The van der Waals surface area contributed by atoms with Gasteiger partial charge in [0.05, 0.1) is 20.0 Å². The Kier molecular flexibility index (Phi) is 5.54. The van der Waals surface area contributed by atoms with Crippen LogP contribution in [-0.4, -0.2) is 19.7 Å². The van der Waals surface area contributed by atoms with Crippen molar-refractivity contribution in [2.75, 3.05) is 13.7 Å². The summed E-state index contributed by atoms with van der Waals surface area (Å²) in [5.41, 5.74) is 6.28. The predicted octanol–water partition coefficient (Wildman–Crippen LogP) is 5.69. The van der Waals surface area contributed by atoms with E-state index in [1.54, 1.807) is 6.07 Å². The maximum atomic E-state index is 15.1. The van der Waals surface area contributed by atoms with Crippen LogP contribution in [0.25, 0.3) is 11.1 Å². The lowest BCUT2D eigenvalue weighted by Gasteiger charge is -2.27. The number of ether oxygens (including phenoxy) is 3. The van der Waals surface area contributed by atoms with Gasteiger partial charge in [-0.1, -0.05) is 18.7 Å². The number of halogens is 1. The number of carbonyl (C=O) groups excluding carboxylic acids is 1. The van der Waals surface area contributed by atoms with Gasteiger partial charge in [0.25, 0.3) is 0 Å². The summed E-state index contributed by atoms with van der Waals surface area (Å²) in [7, 11) is 1.34. The Morgan fingerprint density at radius 1 is 1.33 bits per heavy atom. The van der Waals surface area contributed by atoms with Gasteiger partial charge in [-0.2, -0.15) is 0 Å². The van der Waals surface area contributed by atoms with E-state index in [1.165, 1.54) is 13.4 Å². The van der Waals surface area contributed by atoms with E-state index >= 15 is 4.39 Å². The average molecular weight is 410 g/mol. The molecular weight excluding hydrogens is 383 g/mol. The Labute approximate surface area is 176 Å². The lowest BCUT2D eigenvalue weighted by Crippen LogP contribution is -2.19. The second-order valence-electron chi connectivity index (χ2n) is 8.03. The fraction of sp³-hybridized carbons (Fsp3) is 0.400. The maximum absolute atomic E-state index is 15.1. The molecular formula is C25H27FO4. The summed E-state index contributed by atoms with van der Waals surface area (Å²) in [6.45, 7) is 8.10. The number of esters is 1. The Bertz CT molecular complexity index is 1010. The number of rotatable bonds is 6. The number of hydrogen-bond donors (Lipinski definition) is 0. The van der Waals surface area contributed by atoms with Gasteiger partial charge in [-0.15, -0.1) is 0 Å². The molecule has 0 saturated heterocycles. The number of hydrogen-bond acceptors (Lipinski definition) is 4. The summed E-state index contributed by atoms with van der Waals surface area (Å²) >= 11 is 0. The highest BCUT2D eigenvalue weighted by atomic mass is 19.1. The fourth-order valence-corrected chi connectivity index (χ4v) is 4.48. The third kappa shape index (κ3) is 3.47. The molecule has 0 spiro atoms. The molecule has 158 valence electrons. The quantitative estimate of drug-likeness (QED) is 0.454. The Morgan fingerprint density at radius 3 is 2.77 bits per heavy atom. The number of fused-ring (bicyclic) bond motifs is 1. The van der Waals surface area contributed by atoms with Gasteiger partial charge in [0, 0.05) is 11.1 Å². The maximum Gasteiger partial charge on any atom is 0.351 e. The van der Waals surface area contributed by atoms with Crippen LogP contribution < -0.4 is 4.74 Å². The summed E-state index contributed by atoms with van der Waals surface area (Å²) in [5, 5.41) is 0. The highest BCUT2D eigenvalue weighted by molar-refractivity contribution is 5.85. The zero-order chi connectivity index (χ0) is 21.4. The van der Waals surface area contributed by atoms with Crippen molar-refractivity contribution in [2.24, 2.45) is 0 Å². The van der Waals surface area contributed by atoms with Crippen molar-refractivity contribution in [2.45, 2.75) is 51.6 Å². The van der Waals surface area contributed by atoms with Crippen molar-refractivity contribution in [3.8, 4) is 16.9 Å². The second-order valence-corrected chi connectivity index (χ2v) is 8.03. The van der Waals surface area contributed by atoms with E-state index in [0.29, 0.717) is 23.8 Å². The van der Waals surface area contributed by atoms with Crippen LogP contribution in [0.5, 0.6) is 5.75 Å². The third-order valence-electron chi connectivity index (χ3n) is 6.13. The van der Waals surface area contributed by atoms with Crippen LogP contribution in [0.15, 0.2) is 31.0 Å². The highest BCUT2D eigenvalue weighted by Crippen LogP contribution is 2.49. The van der Waals surface area contributed by atoms with Gasteiger partial charge in [0.15, 0.2) is 11.6 Å². The van der Waals surface area contributed by atoms with Gasteiger partial charge in [0.1, 0.15) is 0 Å². The Morgan fingerprint density at radius 2 is 2.10 bits per heavy atom. The monoisotopic (exact) mass is 410 g/mol. The molecule has 1 fully saturated rings. The second kappa shape index (κ2) is 8.13. The van der Waals surface area contributed by atoms with E-state index in [4.69, 9.17) is 14.2 Å². The molecule has 2 aromatic rings. The number of carbonyl (C=O) groups is 1. The van der Waals surface area contributed by atoms with Crippen LogP contribution in [0, 0.1) is 19.7 Å². The SMILES string of the molecule is C=COC(C(=O)OC)c1c(C)ccc(C2CC2)c1-c1cc(F)c2c(c1C)CCCO2. The topological polar surface area (TPSA) is 44.8 Å². The summed E-state index contributed by atoms with van der Waals surface area (Å²) in [5.74, 6) is -0.113. The van der Waals surface area contributed by atoms with Gasteiger partial charge in [-0.3, -0.25) is 0 Å². The average Bonchev–Trinajstić information content (AvgIpc) is 3.59. The van der Waals surface area contributed by atoms with Crippen LogP contribution in [0.2, 0.25) is 0 Å². The van der Waals surface area contributed by atoms with E-state index in [-0.39, 0.29) is 5.82 Å². The molecule has 1 atom stereocenters. The molecule has 5 heteroatoms. The van der Waals surface area contributed by atoms with E-state index < -0.39 is 12.1 Å². The van der Waals surface area contributed by atoms with Gasteiger partial charge in [-0.25, -0.2) is 9.18 Å². The first-order chi connectivity index (χ1) is 14.5. The molecule has 4 nitrogen and oxygen atoms in total. The summed E-state index contributed by atoms with van der Waals surface area (Å²) in [6, 6.07) is 5.65. The fourth-order valence-electron chi connectivity index (χ4n) is 4.48. The van der Waals surface area contributed by atoms with E-state index in [9.17, 15) is 4.79 Å². The van der Waals surface area contributed by atoms with Crippen LogP contribution in [0.1, 0.15) is 59.1 Å². The first-order valence-corrected chi connectivity index (χ1v) is 10.4. The normalized spacial score (nSPS) is 16.3. The standard InChI is InChI=1S/C25H27FO4/c1-5-29-24(25(27)28-4)21-14(2)8-11-18(16-9-10-16)22(21)19-13-20(26)23-17(15(19)3)7-6-12-30-23/h5,8,11,13,16,24H,1,6-7,9-10,12H2,2-4H3. The van der Waals surface area contributed by atoms with Gasteiger partial charge >= 0.3 is 5.97 Å². The summed E-state index contributed by atoms with van der Waals surface area (Å²) < 4.78 is 31.4. The largest absolute Gasteiger partial charge is 0.490 e. The van der Waals surface area contributed by atoms with Crippen molar-refractivity contribution in [1.29, 1.82) is 0 Å². The predicted molar refractivity (Wildman–Crippen MR) is 113 cm³/mol. The lowest BCUT2D eigenvalue weighted by atomic mass is 9.83. The molecule has 1 unspecified atom stereocenters. The minimum atomic E-state index is -0.962. The van der Waals surface area contributed by atoms with Crippen LogP contribution in [0.4, 0.5) is 4.39 Å². The van der Waals surface area contributed by atoms with Gasteiger partial charge in [-0.05, 0) is 79.3 Å². The van der Waals surface area contributed by atoms with E-state index in [0.717, 1.165) is 59.1 Å². The minimum absolute atomic E-state index is 0.358. The Hall–Kier alpha value is -2.82. The van der Waals surface area contributed by atoms with Crippen molar-refractivity contribution >= 4 is 5.97 Å². The molecule has 0 radical (unpaired) electrons. The van der Waals surface area contributed by atoms with Crippen LogP contribution in [-0.2, 0) is 20.7 Å². The zero-order valence-electron chi connectivity index (χ0n) is 17.7. The summed E-state index contributed by atoms with van der Waals surface area (Å²) in [4.78, 5) is 12.6. The first kappa shape index (κ1) is 20.5. The van der Waals surface area contributed by atoms with Gasteiger partial charge in [0.2, 0.25) is 6.10 Å². The van der Waals surface area contributed by atoms with Crippen molar-refractivity contribution in [1.82, 2.24) is 0 Å². The van der Waals surface area contributed by atoms with Gasteiger partial charge < -0.3 is 14.2 Å². The van der Waals surface area contributed by atoms with Crippen LogP contribution >= 0.6 is 0 Å². The lowest BCUT2D eigenvalue weighted by molar-refractivity contribution is -0.151. The first-order valence-electron chi connectivity index (χ1n) is 10.4. The third-order valence-corrected chi connectivity index (χ3v) is 6.13. The molecule has 0 N–H and O–H groups in total. The molecule has 1 heterocycles. The molecule has 0 bridgehead atoms. The van der Waals surface area contributed by atoms with E-state index in [2.05, 4.69) is 12.6 Å². The molecule has 1 aliphatic carbocycles. The van der Waals surface area contributed by atoms with Crippen molar-refractivity contribution in [3.05, 3.63) is 64.7 Å². The molecule has 30 heavy (non-hydrogen) atoms. The molecule has 1 saturated carbocycles. The van der Waals surface area contributed by atoms with Crippen molar-refractivity contribution < 1.29 is 23.4 Å². The highest BCUT2D eigenvalue weighted by Gasteiger charge is 2.35. The zero-order valence-corrected chi connectivity index (χ0v) is 17.7. The molecule has 4 rings (SSSR count). The molecule has 0 aromatic heterocycles. The number of aryl methyl sites for hydroxylation is 1. The van der Waals surface area contributed by atoms with E-state index in [1.807, 2.05) is 19.9 Å². The Balaban J connectivity index is 2.02. The molecule has 2 aliphatic rings. The minimum Gasteiger partial charge on any atom is -0.490 e. The molecule has 1 aliphatic heterocycles. The smallest absolute Gasteiger partial charge is 0.351 e. The van der Waals surface area contributed by atoms with Crippen molar-refractivity contribution in [3.63, 3.8) is 0 Å². The molecule has 2 aromatic carbocycles.